The molecule has 5 heteroatoms. The summed E-state index contributed by atoms with van der Waals surface area (Å²) >= 11 is 0. The normalized spacial score (nSPS) is 17.5. The Hall–Kier alpha value is -1.52. The summed E-state index contributed by atoms with van der Waals surface area (Å²) in [7, 11) is 1.32. The van der Waals surface area contributed by atoms with E-state index in [1.807, 2.05) is 4.57 Å². The number of nitrogen functional groups attached to an aromatic ring is 1. The standard InChI is InChI=1S/C10H15N3O2/c1-6(7-3-4-7)13-5-12-8(9(13)11)10(14)15-2/h5-7H,3-4,11H2,1-2H3. The maximum absolute atomic E-state index is 11.3. The summed E-state index contributed by atoms with van der Waals surface area (Å²) in [4.78, 5) is 15.3. The van der Waals surface area contributed by atoms with Gasteiger partial charge >= 0.3 is 5.97 Å². The van der Waals surface area contributed by atoms with Crippen LogP contribution in [0.3, 0.4) is 0 Å². The Morgan fingerprint density at radius 2 is 2.40 bits per heavy atom. The lowest BCUT2D eigenvalue weighted by molar-refractivity contribution is 0.0596. The van der Waals surface area contributed by atoms with Gasteiger partial charge in [-0.05, 0) is 25.7 Å². The van der Waals surface area contributed by atoms with Gasteiger partial charge in [0.25, 0.3) is 0 Å². The van der Waals surface area contributed by atoms with Gasteiger partial charge in [-0.3, -0.25) is 0 Å². The van der Waals surface area contributed by atoms with E-state index in [0.717, 1.165) is 0 Å². The highest BCUT2D eigenvalue weighted by Gasteiger charge is 2.31. The quantitative estimate of drug-likeness (QED) is 0.760. The van der Waals surface area contributed by atoms with Crippen molar-refractivity contribution in [1.82, 2.24) is 9.55 Å². The van der Waals surface area contributed by atoms with Crippen molar-refractivity contribution >= 4 is 11.8 Å². The molecular weight excluding hydrogens is 194 g/mol. The number of hydrogen-bond acceptors (Lipinski definition) is 4. The molecule has 0 amide bonds. The van der Waals surface area contributed by atoms with Gasteiger partial charge in [0.15, 0.2) is 5.69 Å². The molecular formula is C10H15N3O2. The molecule has 2 N–H and O–H groups in total. The molecule has 1 heterocycles. The van der Waals surface area contributed by atoms with E-state index in [9.17, 15) is 4.79 Å². The molecule has 0 aliphatic heterocycles. The minimum Gasteiger partial charge on any atom is -0.464 e. The third kappa shape index (κ3) is 1.69. The Kier molecular flexibility index (Phi) is 2.38. The van der Waals surface area contributed by atoms with Crippen molar-refractivity contribution in [2.45, 2.75) is 25.8 Å². The van der Waals surface area contributed by atoms with E-state index >= 15 is 0 Å². The van der Waals surface area contributed by atoms with E-state index in [1.165, 1.54) is 20.0 Å². The van der Waals surface area contributed by atoms with Crippen LogP contribution in [-0.4, -0.2) is 22.6 Å². The number of ether oxygens (including phenoxy) is 1. The molecule has 1 aliphatic rings. The molecule has 1 aromatic rings. The number of nitrogens with zero attached hydrogens (tertiary/aromatic N) is 2. The predicted molar refractivity (Wildman–Crippen MR) is 55.4 cm³/mol. The minimum atomic E-state index is -0.478. The lowest BCUT2D eigenvalue weighted by Crippen LogP contribution is -2.12. The van der Waals surface area contributed by atoms with Crippen LogP contribution in [0.1, 0.15) is 36.3 Å². The molecule has 1 aromatic heterocycles. The van der Waals surface area contributed by atoms with Gasteiger partial charge in [0, 0.05) is 6.04 Å². The lowest BCUT2D eigenvalue weighted by Gasteiger charge is -2.13. The number of anilines is 1. The van der Waals surface area contributed by atoms with Gasteiger partial charge in [0.1, 0.15) is 5.82 Å². The fourth-order valence-corrected chi connectivity index (χ4v) is 1.75. The molecule has 0 bridgehead atoms. The van der Waals surface area contributed by atoms with E-state index in [2.05, 4.69) is 16.6 Å². The highest BCUT2D eigenvalue weighted by atomic mass is 16.5. The fourth-order valence-electron chi connectivity index (χ4n) is 1.75. The Bertz CT molecular complexity index is 382. The molecule has 0 spiro atoms. The lowest BCUT2D eigenvalue weighted by atomic mass is 10.2. The SMILES string of the molecule is COC(=O)c1ncn(C(C)C2CC2)c1N. The number of carbonyl (C=O) groups excluding carboxylic acids is 1. The van der Waals surface area contributed by atoms with Crippen molar-refractivity contribution in [2.24, 2.45) is 5.92 Å². The third-order valence-corrected chi connectivity index (χ3v) is 2.95. The molecule has 82 valence electrons. The minimum absolute atomic E-state index is 0.213. The van der Waals surface area contributed by atoms with Crippen LogP contribution in [0.4, 0.5) is 5.82 Å². The molecule has 5 nitrogen and oxygen atoms in total. The zero-order valence-corrected chi connectivity index (χ0v) is 8.93. The molecule has 15 heavy (non-hydrogen) atoms. The first-order valence-corrected chi connectivity index (χ1v) is 5.05. The summed E-state index contributed by atoms with van der Waals surface area (Å²) in [5.41, 5.74) is 6.06. The van der Waals surface area contributed by atoms with Crippen LogP contribution in [0.15, 0.2) is 6.33 Å². The van der Waals surface area contributed by atoms with Crippen molar-refractivity contribution in [3.05, 3.63) is 12.0 Å². The molecule has 1 unspecified atom stereocenters. The van der Waals surface area contributed by atoms with E-state index in [4.69, 9.17) is 5.73 Å². The first-order valence-electron chi connectivity index (χ1n) is 5.05. The Morgan fingerprint density at radius 1 is 1.73 bits per heavy atom. The highest BCUT2D eigenvalue weighted by Crippen LogP contribution is 2.40. The average Bonchev–Trinajstić information content (AvgIpc) is 3.00. The summed E-state index contributed by atoms with van der Waals surface area (Å²) in [5, 5.41) is 0. The van der Waals surface area contributed by atoms with E-state index < -0.39 is 5.97 Å². The maximum atomic E-state index is 11.3. The molecule has 1 saturated carbocycles. The van der Waals surface area contributed by atoms with Crippen LogP contribution < -0.4 is 5.73 Å². The number of methoxy groups -OCH3 is 1. The first kappa shape index (κ1) is 10.0. The van der Waals surface area contributed by atoms with Crippen molar-refractivity contribution in [3.8, 4) is 0 Å². The van der Waals surface area contributed by atoms with Crippen LogP contribution in [0.2, 0.25) is 0 Å². The topological polar surface area (TPSA) is 70.1 Å². The fraction of sp³-hybridized carbons (Fsp3) is 0.600. The summed E-state index contributed by atoms with van der Waals surface area (Å²) < 4.78 is 6.44. The molecule has 2 rings (SSSR count). The van der Waals surface area contributed by atoms with Gasteiger partial charge in [-0.15, -0.1) is 0 Å². The van der Waals surface area contributed by atoms with Gasteiger partial charge < -0.3 is 15.0 Å². The molecule has 1 aliphatic carbocycles. The number of esters is 1. The second-order valence-electron chi connectivity index (χ2n) is 3.96. The van der Waals surface area contributed by atoms with Crippen LogP contribution >= 0.6 is 0 Å². The predicted octanol–water partition coefficient (Wildman–Crippen LogP) is 1.22. The monoisotopic (exact) mass is 209 g/mol. The summed E-state index contributed by atoms with van der Waals surface area (Å²) in [6.07, 6.45) is 4.07. The summed E-state index contributed by atoms with van der Waals surface area (Å²) in [6, 6.07) is 0.316. The van der Waals surface area contributed by atoms with Crippen LogP contribution in [0, 0.1) is 5.92 Å². The maximum Gasteiger partial charge on any atom is 0.360 e. The molecule has 0 saturated heterocycles. The highest BCUT2D eigenvalue weighted by molar-refractivity contribution is 5.92. The average molecular weight is 209 g/mol. The van der Waals surface area contributed by atoms with E-state index in [0.29, 0.717) is 17.8 Å². The first-order chi connectivity index (χ1) is 7.15. The molecule has 0 radical (unpaired) electrons. The van der Waals surface area contributed by atoms with Gasteiger partial charge in [0.05, 0.1) is 13.4 Å². The number of imidazole rings is 1. The van der Waals surface area contributed by atoms with Crippen LogP contribution in [0.5, 0.6) is 0 Å². The number of carbonyl (C=O) groups is 1. The smallest absolute Gasteiger partial charge is 0.360 e. The second kappa shape index (κ2) is 3.56. The van der Waals surface area contributed by atoms with Crippen molar-refractivity contribution in [1.29, 1.82) is 0 Å². The molecule has 0 aromatic carbocycles. The Balaban J connectivity index is 2.26. The summed E-state index contributed by atoms with van der Waals surface area (Å²) in [5.74, 6) is 0.600. The number of nitrogens with two attached hydrogens (primary N) is 1. The van der Waals surface area contributed by atoms with Crippen LogP contribution in [-0.2, 0) is 4.74 Å². The zero-order valence-electron chi connectivity index (χ0n) is 8.93. The van der Waals surface area contributed by atoms with Gasteiger partial charge in [-0.1, -0.05) is 0 Å². The molecule has 1 atom stereocenters. The van der Waals surface area contributed by atoms with Gasteiger partial charge in [-0.2, -0.15) is 0 Å². The Morgan fingerprint density at radius 3 is 2.93 bits per heavy atom. The summed E-state index contributed by atoms with van der Waals surface area (Å²) in [6.45, 7) is 2.09. The largest absolute Gasteiger partial charge is 0.464 e. The van der Waals surface area contributed by atoms with Crippen molar-refractivity contribution in [3.63, 3.8) is 0 Å². The third-order valence-electron chi connectivity index (χ3n) is 2.95. The molecule has 1 fully saturated rings. The number of hydrogen-bond donors (Lipinski definition) is 1. The van der Waals surface area contributed by atoms with Gasteiger partial charge in [-0.25, -0.2) is 9.78 Å². The Labute approximate surface area is 88.2 Å². The van der Waals surface area contributed by atoms with Crippen molar-refractivity contribution < 1.29 is 9.53 Å². The zero-order chi connectivity index (χ0) is 11.0. The van der Waals surface area contributed by atoms with Crippen LogP contribution in [0.25, 0.3) is 0 Å². The van der Waals surface area contributed by atoms with E-state index in [-0.39, 0.29) is 5.69 Å². The number of rotatable bonds is 3. The van der Waals surface area contributed by atoms with Gasteiger partial charge in [0.2, 0.25) is 0 Å². The van der Waals surface area contributed by atoms with E-state index in [1.54, 1.807) is 6.33 Å². The number of aromatic nitrogens is 2. The van der Waals surface area contributed by atoms with Crippen molar-refractivity contribution in [2.75, 3.05) is 12.8 Å². The second-order valence-corrected chi connectivity index (χ2v) is 3.96.